The number of hydrogen-bond donors (Lipinski definition) is 1. The predicted octanol–water partition coefficient (Wildman–Crippen LogP) is 5.99. The van der Waals surface area contributed by atoms with E-state index in [1.807, 2.05) is 0 Å². The highest BCUT2D eigenvalue weighted by atomic mass is 19.4. The van der Waals surface area contributed by atoms with Gasteiger partial charge in [0.1, 0.15) is 11.8 Å². The van der Waals surface area contributed by atoms with Crippen LogP contribution in [0.1, 0.15) is 33.5 Å². The molecule has 0 fully saturated rings. The van der Waals surface area contributed by atoms with Crippen LogP contribution in [0.3, 0.4) is 0 Å². The van der Waals surface area contributed by atoms with Gasteiger partial charge in [-0.1, -0.05) is 5.21 Å². The van der Waals surface area contributed by atoms with Crippen molar-refractivity contribution in [2.45, 2.75) is 24.9 Å². The van der Waals surface area contributed by atoms with Gasteiger partial charge in [-0.25, -0.2) is 5.10 Å². The molecule has 1 aromatic heterocycles. The molecule has 0 aliphatic rings. The Labute approximate surface area is 173 Å². The fourth-order valence-corrected chi connectivity index (χ4v) is 2.96. The molecular weight excluding hydrogens is 455 g/mol. The molecule has 0 aliphatic heterocycles. The Morgan fingerprint density at radius 3 is 1.66 bits per heavy atom. The second-order valence-corrected chi connectivity index (χ2v) is 6.65. The van der Waals surface area contributed by atoms with Crippen molar-refractivity contribution in [3.63, 3.8) is 0 Å². The predicted molar refractivity (Wildman–Crippen MR) is 90.8 cm³/mol. The first kappa shape index (κ1) is 23.1. The molecule has 0 atom stereocenters. The number of nitrogens with one attached hydrogen (secondary N) is 1. The highest BCUT2D eigenvalue weighted by Crippen LogP contribution is 2.38. The van der Waals surface area contributed by atoms with E-state index in [2.05, 4.69) is 15.4 Å². The number of aromatic nitrogens is 3. The molecule has 1 N–H and O–H groups in total. The third-order valence-electron chi connectivity index (χ3n) is 4.31. The summed E-state index contributed by atoms with van der Waals surface area (Å²) < 4.78 is 118. The van der Waals surface area contributed by atoms with E-state index in [1.54, 1.807) is 6.07 Å². The molecule has 13 heteroatoms. The lowest BCUT2D eigenvalue weighted by atomic mass is 9.95. The van der Waals surface area contributed by atoms with Crippen molar-refractivity contribution < 1.29 is 39.5 Å². The molecule has 0 saturated carbocycles. The van der Waals surface area contributed by atoms with E-state index in [-0.39, 0.29) is 28.6 Å². The van der Waals surface area contributed by atoms with Crippen molar-refractivity contribution in [1.29, 1.82) is 5.26 Å². The number of halogens is 9. The van der Waals surface area contributed by atoms with Crippen molar-refractivity contribution in [2.75, 3.05) is 0 Å². The van der Waals surface area contributed by atoms with Gasteiger partial charge in [-0.15, -0.1) is 5.10 Å². The number of benzene rings is 2. The van der Waals surface area contributed by atoms with Crippen molar-refractivity contribution >= 4 is 0 Å². The summed E-state index contributed by atoms with van der Waals surface area (Å²) in [4.78, 5) is 0. The molecule has 0 saturated heterocycles. The van der Waals surface area contributed by atoms with Crippen LogP contribution in [0.15, 0.2) is 36.4 Å². The Hall–Kier alpha value is -3.56. The Morgan fingerprint density at radius 2 is 1.19 bits per heavy atom. The van der Waals surface area contributed by atoms with E-state index in [1.165, 1.54) is 0 Å². The molecule has 0 radical (unpaired) electrons. The van der Waals surface area contributed by atoms with E-state index in [0.29, 0.717) is 24.3 Å². The summed E-state index contributed by atoms with van der Waals surface area (Å²) in [5, 5.41) is 18.0. The van der Waals surface area contributed by atoms with Crippen molar-refractivity contribution in [2.24, 2.45) is 0 Å². The van der Waals surface area contributed by atoms with Gasteiger partial charge < -0.3 is 0 Å². The lowest BCUT2D eigenvalue weighted by molar-refractivity contribution is -0.143. The van der Waals surface area contributed by atoms with Crippen LogP contribution < -0.4 is 0 Å². The third-order valence-corrected chi connectivity index (χ3v) is 4.31. The van der Waals surface area contributed by atoms with Crippen LogP contribution in [0.2, 0.25) is 0 Å². The van der Waals surface area contributed by atoms with Crippen molar-refractivity contribution in [3.05, 3.63) is 69.9 Å². The van der Waals surface area contributed by atoms with E-state index in [0.717, 1.165) is 6.07 Å². The van der Waals surface area contributed by atoms with Gasteiger partial charge in [0.05, 0.1) is 16.7 Å². The van der Waals surface area contributed by atoms with Gasteiger partial charge in [0, 0.05) is 5.56 Å². The molecule has 4 nitrogen and oxygen atoms in total. The fourth-order valence-electron chi connectivity index (χ4n) is 2.96. The second kappa shape index (κ2) is 7.85. The van der Waals surface area contributed by atoms with Crippen molar-refractivity contribution in [3.8, 4) is 17.3 Å². The van der Waals surface area contributed by atoms with Crippen LogP contribution in [-0.2, 0) is 24.9 Å². The lowest BCUT2D eigenvalue weighted by Crippen LogP contribution is -2.12. The van der Waals surface area contributed by atoms with Gasteiger partial charge in [0.15, 0.2) is 5.69 Å². The van der Waals surface area contributed by atoms with E-state index < -0.39 is 47.2 Å². The molecule has 2 aromatic carbocycles. The van der Waals surface area contributed by atoms with Gasteiger partial charge in [-0.3, -0.25) is 0 Å². The monoisotopic (exact) mass is 464 g/mol. The van der Waals surface area contributed by atoms with Crippen LogP contribution in [0, 0.1) is 11.3 Å². The minimum absolute atomic E-state index is 0.0738. The van der Waals surface area contributed by atoms with Gasteiger partial charge in [-0.05, 0) is 53.9 Å². The van der Waals surface area contributed by atoms with E-state index in [9.17, 15) is 39.5 Å². The zero-order valence-corrected chi connectivity index (χ0v) is 15.4. The van der Waals surface area contributed by atoms with Crippen molar-refractivity contribution in [1.82, 2.24) is 15.4 Å². The number of aromatic amines is 1. The minimum Gasteiger partial charge on any atom is -0.247 e. The summed E-state index contributed by atoms with van der Waals surface area (Å²) >= 11 is 0. The number of rotatable bonds is 3. The van der Waals surface area contributed by atoms with Crippen LogP contribution in [0.5, 0.6) is 0 Å². The molecule has 0 spiro atoms. The molecular formula is C19H9F9N4. The molecule has 168 valence electrons. The minimum atomic E-state index is -5.10. The average Bonchev–Trinajstić information content (AvgIpc) is 3.14. The summed E-state index contributed by atoms with van der Waals surface area (Å²) in [6.45, 7) is 0. The Bertz CT molecular complexity index is 1150. The van der Waals surface area contributed by atoms with Crippen LogP contribution in [0.4, 0.5) is 39.5 Å². The quantitative estimate of drug-likeness (QED) is 0.485. The Kier molecular flexibility index (Phi) is 5.67. The summed E-state index contributed by atoms with van der Waals surface area (Å²) in [6, 6.07) is 4.77. The Morgan fingerprint density at radius 1 is 0.719 bits per heavy atom. The maximum Gasteiger partial charge on any atom is 0.416 e. The van der Waals surface area contributed by atoms with Gasteiger partial charge in [0.25, 0.3) is 0 Å². The second-order valence-electron chi connectivity index (χ2n) is 6.65. The smallest absolute Gasteiger partial charge is 0.247 e. The summed E-state index contributed by atoms with van der Waals surface area (Å²) in [6.07, 6.45) is -15.8. The lowest BCUT2D eigenvalue weighted by Gasteiger charge is -2.15. The third kappa shape index (κ3) is 5.01. The molecule has 3 rings (SSSR count). The summed E-state index contributed by atoms with van der Waals surface area (Å²) in [5.41, 5.74) is -5.89. The highest BCUT2D eigenvalue weighted by Gasteiger charge is 2.37. The van der Waals surface area contributed by atoms with E-state index in [4.69, 9.17) is 5.26 Å². The van der Waals surface area contributed by atoms with E-state index >= 15 is 0 Å². The Balaban J connectivity index is 2.15. The molecule has 0 unspecified atom stereocenters. The number of alkyl halides is 9. The zero-order valence-electron chi connectivity index (χ0n) is 15.4. The number of hydrogen-bond acceptors (Lipinski definition) is 3. The highest BCUT2D eigenvalue weighted by molar-refractivity contribution is 5.66. The van der Waals surface area contributed by atoms with Crippen LogP contribution in [-0.4, -0.2) is 15.4 Å². The maximum absolute atomic E-state index is 13.3. The standard InChI is InChI=1S/C19H9F9N4/c20-17(21,22)12-3-9(2-11(6-12)16-15(8-29)30-32-31-16)1-10-4-13(18(23,24)25)7-14(5-10)19(26,27)28/h2-7H,1H2,(H,30,31,32). The summed E-state index contributed by atoms with van der Waals surface area (Å²) in [5.74, 6) is 0. The molecule has 1 heterocycles. The molecule has 0 aliphatic carbocycles. The van der Waals surface area contributed by atoms with Crippen LogP contribution in [0.25, 0.3) is 11.3 Å². The number of nitrogens with zero attached hydrogens (tertiary/aromatic N) is 3. The van der Waals surface area contributed by atoms with Gasteiger partial charge >= 0.3 is 18.5 Å². The molecule has 3 aromatic rings. The number of nitriles is 1. The van der Waals surface area contributed by atoms with Gasteiger partial charge in [-0.2, -0.15) is 44.8 Å². The fraction of sp³-hybridized carbons (Fsp3) is 0.211. The normalized spacial score (nSPS) is 12.6. The SMILES string of the molecule is N#Cc1[nH]nnc1-c1cc(Cc2cc(C(F)(F)F)cc(C(F)(F)F)c2)cc(C(F)(F)F)c1. The van der Waals surface area contributed by atoms with Crippen LogP contribution >= 0.6 is 0 Å². The maximum atomic E-state index is 13.3. The molecule has 0 bridgehead atoms. The largest absolute Gasteiger partial charge is 0.416 e. The van der Waals surface area contributed by atoms with Gasteiger partial charge in [0.2, 0.25) is 0 Å². The molecule has 0 amide bonds. The number of H-pyrrole nitrogens is 1. The molecule has 32 heavy (non-hydrogen) atoms. The summed E-state index contributed by atoms with van der Waals surface area (Å²) in [7, 11) is 0. The zero-order chi connectivity index (χ0) is 23.9. The average molecular weight is 464 g/mol. The first-order valence-corrected chi connectivity index (χ1v) is 8.49. The first-order valence-electron chi connectivity index (χ1n) is 8.49. The first-order chi connectivity index (χ1) is 14.7. The topological polar surface area (TPSA) is 65.4 Å².